The number of rotatable bonds is 7. The number of nitrogens with one attached hydrogen (secondary N) is 1. The number of carbonyl (C=O) groups is 2. The molecule has 1 aromatic heterocycles. The summed E-state index contributed by atoms with van der Waals surface area (Å²) in [5.41, 5.74) is 1.76. The zero-order valence-corrected chi connectivity index (χ0v) is 18.6. The Labute approximate surface area is 188 Å². The Kier molecular flexibility index (Phi) is 7.31. The lowest BCUT2D eigenvalue weighted by Gasteiger charge is -2.17. The molecule has 0 aliphatic rings. The third-order valence-corrected chi connectivity index (χ3v) is 5.63. The molecule has 1 N–H and O–H groups in total. The van der Waals surface area contributed by atoms with Crippen LogP contribution >= 0.6 is 34.5 Å². The second-order valence-electron chi connectivity index (χ2n) is 6.51. The molecule has 0 radical (unpaired) electrons. The van der Waals surface area contributed by atoms with Gasteiger partial charge in [-0.1, -0.05) is 29.3 Å². The van der Waals surface area contributed by atoms with E-state index in [2.05, 4.69) is 10.3 Å². The summed E-state index contributed by atoms with van der Waals surface area (Å²) < 4.78 is 5.73. The second-order valence-corrected chi connectivity index (χ2v) is 8.39. The van der Waals surface area contributed by atoms with E-state index in [0.717, 1.165) is 10.7 Å². The van der Waals surface area contributed by atoms with Gasteiger partial charge in [0.2, 0.25) is 5.91 Å². The number of likely N-dealkylation sites (N-methyl/N-ethyl adjacent to an activating group) is 1. The lowest BCUT2D eigenvalue weighted by molar-refractivity contribution is -0.116. The molecule has 30 heavy (non-hydrogen) atoms. The van der Waals surface area contributed by atoms with Gasteiger partial charge in [-0.05, 0) is 43.3 Å². The SMILES string of the molecule is Cc1nc(COc2cccc(C(=O)N(C)CC(=O)Nc3ccc(Cl)c(Cl)c3)c2)cs1. The molecule has 1 heterocycles. The standard InChI is InChI=1S/C21H19Cl2N3O3S/c1-13-24-16(12-30-13)11-29-17-5-3-4-14(8-17)21(28)26(2)10-20(27)25-15-6-7-18(22)19(23)9-15/h3-9,12H,10-11H2,1-2H3,(H,25,27). The summed E-state index contributed by atoms with van der Waals surface area (Å²) in [6, 6.07) is 11.6. The number of benzene rings is 2. The zero-order chi connectivity index (χ0) is 21.7. The highest BCUT2D eigenvalue weighted by Gasteiger charge is 2.16. The Hall–Kier alpha value is -2.61. The molecule has 0 saturated heterocycles. The van der Waals surface area contributed by atoms with Crippen LogP contribution in [0.15, 0.2) is 47.8 Å². The summed E-state index contributed by atoms with van der Waals surface area (Å²) in [7, 11) is 1.56. The number of hydrogen-bond acceptors (Lipinski definition) is 5. The summed E-state index contributed by atoms with van der Waals surface area (Å²) >= 11 is 13.4. The molecule has 0 aliphatic heterocycles. The summed E-state index contributed by atoms with van der Waals surface area (Å²) in [6.07, 6.45) is 0. The molecule has 0 aliphatic carbocycles. The van der Waals surface area contributed by atoms with Crippen LogP contribution in [0, 0.1) is 6.92 Å². The summed E-state index contributed by atoms with van der Waals surface area (Å²) in [4.78, 5) is 30.6. The minimum atomic E-state index is -0.351. The summed E-state index contributed by atoms with van der Waals surface area (Å²) in [5.74, 6) is -0.0926. The molecule has 0 spiro atoms. The highest BCUT2D eigenvalue weighted by atomic mass is 35.5. The molecule has 2 amide bonds. The number of aryl methyl sites for hydroxylation is 1. The number of thiazole rings is 1. The first-order valence-electron chi connectivity index (χ1n) is 8.96. The number of anilines is 1. The van der Waals surface area contributed by atoms with Crippen LogP contribution in [0.3, 0.4) is 0 Å². The second kappa shape index (κ2) is 9.93. The molecule has 156 valence electrons. The van der Waals surface area contributed by atoms with Gasteiger partial charge in [0.25, 0.3) is 5.91 Å². The highest BCUT2D eigenvalue weighted by Crippen LogP contribution is 2.25. The largest absolute Gasteiger partial charge is 0.487 e. The van der Waals surface area contributed by atoms with Crippen molar-refractivity contribution in [2.24, 2.45) is 0 Å². The minimum Gasteiger partial charge on any atom is -0.487 e. The molecule has 0 unspecified atom stereocenters. The molecule has 0 atom stereocenters. The van der Waals surface area contributed by atoms with Gasteiger partial charge in [-0.2, -0.15) is 0 Å². The average molecular weight is 464 g/mol. The maximum atomic E-state index is 12.7. The van der Waals surface area contributed by atoms with Crippen LogP contribution in [0.1, 0.15) is 21.1 Å². The fourth-order valence-electron chi connectivity index (χ4n) is 2.63. The lowest BCUT2D eigenvalue weighted by Crippen LogP contribution is -2.34. The highest BCUT2D eigenvalue weighted by molar-refractivity contribution is 7.09. The van der Waals surface area contributed by atoms with Crippen molar-refractivity contribution < 1.29 is 14.3 Å². The number of amides is 2. The zero-order valence-electron chi connectivity index (χ0n) is 16.3. The van der Waals surface area contributed by atoms with Crippen molar-refractivity contribution in [2.75, 3.05) is 18.9 Å². The van der Waals surface area contributed by atoms with Crippen LogP contribution in [-0.4, -0.2) is 35.3 Å². The maximum Gasteiger partial charge on any atom is 0.254 e. The first-order valence-corrected chi connectivity index (χ1v) is 10.6. The van der Waals surface area contributed by atoms with E-state index in [-0.39, 0.29) is 18.4 Å². The van der Waals surface area contributed by atoms with Crippen molar-refractivity contribution in [3.63, 3.8) is 0 Å². The fraction of sp³-hybridized carbons (Fsp3) is 0.190. The van der Waals surface area contributed by atoms with Crippen molar-refractivity contribution in [3.05, 3.63) is 74.2 Å². The quantitative estimate of drug-likeness (QED) is 0.532. The van der Waals surface area contributed by atoms with Gasteiger partial charge in [0.05, 0.1) is 27.3 Å². The first-order chi connectivity index (χ1) is 14.3. The molecular weight excluding hydrogens is 445 g/mol. The predicted octanol–water partition coefficient (Wildman–Crippen LogP) is 5.05. The summed E-state index contributed by atoms with van der Waals surface area (Å²) in [5, 5.41) is 6.33. The minimum absolute atomic E-state index is 0.123. The molecule has 2 aromatic carbocycles. The van der Waals surface area contributed by atoms with Gasteiger partial charge in [0, 0.05) is 23.7 Å². The molecule has 9 heteroatoms. The number of halogens is 2. The third-order valence-electron chi connectivity index (χ3n) is 4.07. The number of hydrogen-bond donors (Lipinski definition) is 1. The van der Waals surface area contributed by atoms with Crippen molar-refractivity contribution in [1.82, 2.24) is 9.88 Å². The van der Waals surface area contributed by atoms with Crippen molar-refractivity contribution >= 4 is 52.0 Å². The van der Waals surface area contributed by atoms with E-state index in [1.807, 2.05) is 12.3 Å². The van der Waals surface area contributed by atoms with Gasteiger partial charge in [-0.15, -0.1) is 11.3 Å². The first kappa shape index (κ1) is 22.1. The number of carbonyl (C=O) groups excluding carboxylic acids is 2. The lowest BCUT2D eigenvalue weighted by atomic mass is 10.2. The smallest absolute Gasteiger partial charge is 0.254 e. The van der Waals surface area contributed by atoms with Gasteiger partial charge in [-0.25, -0.2) is 4.98 Å². The normalized spacial score (nSPS) is 10.5. The van der Waals surface area contributed by atoms with Crippen molar-refractivity contribution in [2.45, 2.75) is 13.5 Å². The number of ether oxygens (including phenoxy) is 1. The van der Waals surface area contributed by atoms with E-state index < -0.39 is 0 Å². The molecule has 3 rings (SSSR count). The third kappa shape index (κ3) is 5.95. The number of aromatic nitrogens is 1. The van der Waals surface area contributed by atoms with Gasteiger partial charge < -0.3 is 15.0 Å². The number of nitrogens with zero attached hydrogens (tertiary/aromatic N) is 2. The van der Waals surface area contributed by atoms with Gasteiger partial charge >= 0.3 is 0 Å². The van der Waals surface area contributed by atoms with E-state index in [4.69, 9.17) is 27.9 Å². The predicted molar refractivity (Wildman–Crippen MR) is 120 cm³/mol. The van der Waals surface area contributed by atoms with E-state index in [1.54, 1.807) is 60.8 Å². The monoisotopic (exact) mass is 463 g/mol. The molecule has 0 saturated carbocycles. The van der Waals surface area contributed by atoms with Crippen LogP contribution in [0.4, 0.5) is 5.69 Å². The van der Waals surface area contributed by atoms with Crippen LogP contribution in [-0.2, 0) is 11.4 Å². The van der Waals surface area contributed by atoms with E-state index in [1.165, 1.54) is 4.90 Å². The van der Waals surface area contributed by atoms with E-state index >= 15 is 0 Å². The van der Waals surface area contributed by atoms with Gasteiger partial charge in [0.15, 0.2) is 0 Å². The van der Waals surface area contributed by atoms with Gasteiger partial charge in [-0.3, -0.25) is 9.59 Å². The molecule has 0 bridgehead atoms. The molecule has 3 aromatic rings. The van der Waals surface area contributed by atoms with E-state index in [9.17, 15) is 9.59 Å². The molecule has 0 fully saturated rings. The average Bonchev–Trinajstić information content (AvgIpc) is 3.14. The Morgan fingerprint density at radius 1 is 1.17 bits per heavy atom. The van der Waals surface area contributed by atoms with Crippen LogP contribution < -0.4 is 10.1 Å². The topological polar surface area (TPSA) is 71.5 Å². The Bertz CT molecular complexity index is 1070. The van der Waals surface area contributed by atoms with Crippen molar-refractivity contribution in [3.8, 4) is 5.75 Å². The molecular formula is C21H19Cl2N3O3S. The Balaban J connectivity index is 1.58. The van der Waals surface area contributed by atoms with Gasteiger partial charge in [0.1, 0.15) is 12.4 Å². The Morgan fingerprint density at radius 3 is 2.67 bits per heavy atom. The fourth-order valence-corrected chi connectivity index (χ4v) is 3.53. The summed E-state index contributed by atoms with van der Waals surface area (Å²) in [6.45, 7) is 2.13. The maximum absolute atomic E-state index is 12.7. The van der Waals surface area contributed by atoms with Crippen LogP contribution in [0.25, 0.3) is 0 Å². The van der Waals surface area contributed by atoms with E-state index in [0.29, 0.717) is 33.7 Å². The van der Waals surface area contributed by atoms with Crippen LogP contribution in [0.2, 0.25) is 10.0 Å². The molecule has 6 nitrogen and oxygen atoms in total. The van der Waals surface area contributed by atoms with Crippen molar-refractivity contribution in [1.29, 1.82) is 0 Å². The Morgan fingerprint density at radius 2 is 1.97 bits per heavy atom. The van der Waals surface area contributed by atoms with Crippen LogP contribution in [0.5, 0.6) is 5.75 Å².